The minimum Gasteiger partial charge on any atom is -0.387 e. The molecule has 8 nitrogen and oxygen atoms in total. The summed E-state index contributed by atoms with van der Waals surface area (Å²) in [7, 11) is 0. The van der Waals surface area contributed by atoms with Gasteiger partial charge in [0, 0.05) is 11.1 Å². The third kappa shape index (κ3) is 2.59. The van der Waals surface area contributed by atoms with Crippen molar-refractivity contribution in [3.05, 3.63) is 39.9 Å². The van der Waals surface area contributed by atoms with Crippen LogP contribution in [0.15, 0.2) is 30.7 Å². The summed E-state index contributed by atoms with van der Waals surface area (Å²) in [6.07, 6.45) is -1.62. The molecule has 1 aliphatic rings. The van der Waals surface area contributed by atoms with E-state index in [1.165, 1.54) is 24.6 Å². The van der Waals surface area contributed by atoms with Gasteiger partial charge in [0.25, 0.3) is 0 Å². The third-order valence-electron chi connectivity index (χ3n) is 4.68. The van der Waals surface area contributed by atoms with Crippen LogP contribution in [0.4, 0.5) is 5.82 Å². The number of rotatable bonds is 3. The predicted octanol–water partition coefficient (Wildman–Crippen LogP) is 1.26. The van der Waals surface area contributed by atoms with Crippen molar-refractivity contribution in [1.82, 2.24) is 14.5 Å². The molecule has 10 heteroatoms. The number of aliphatic hydroxyl groups is 3. The highest BCUT2D eigenvalue weighted by molar-refractivity contribution is 7.16. The zero-order valence-electron chi connectivity index (χ0n) is 13.7. The van der Waals surface area contributed by atoms with Crippen molar-refractivity contribution < 1.29 is 20.1 Å². The first-order valence-corrected chi connectivity index (χ1v) is 9.07. The lowest BCUT2D eigenvalue weighted by molar-refractivity contribution is -0.134. The zero-order valence-corrected chi connectivity index (χ0v) is 15.2. The molecular formula is C16H17ClN4O4S. The van der Waals surface area contributed by atoms with E-state index in [0.717, 1.165) is 0 Å². The summed E-state index contributed by atoms with van der Waals surface area (Å²) in [5.41, 5.74) is 4.76. The maximum absolute atomic E-state index is 11.0. The lowest BCUT2D eigenvalue weighted by Gasteiger charge is -2.30. The number of ether oxygens (including phenoxy) is 1. The van der Waals surface area contributed by atoms with Crippen LogP contribution in [-0.4, -0.2) is 48.2 Å². The highest BCUT2D eigenvalue weighted by atomic mass is 35.5. The number of hydrogen-bond acceptors (Lipinski definition) is 8. The summed E-state index contributed by atoms with van der Waals surface area (Å²) in [5.74, 6) is 0.304. The van der Waals surface area contributed by atoms with Crippen molar-refractivity contribution in [3.63, 3.8) is 0 Å². The molecule has 1 fully saturated rings. The van der Waals surface area contributed by atoms with Gasteiger partial charge in [-0.25, -0.2) is 9.97 Å². The van der Waals surface area contributed by atoms with E-state index in [9.17, 15) is 15.3 Å². The van der Waals surface area contributed by atoms with Gasteiger partial charge in [-0.3, -0.25) is 0 Å². The number of aromatic nitrogens is 3. The highest BCUT2D eigenvalue weighted by Gasteiger charge is 2.52. The van der Waals surface area contributed by atoms with E-state index in [-0.39, 0.29) is 0 Å². The fraction of sp³-hybridized carbons (Fsp3) is 0.375. The monoisotopic (exact) mass is 396 g/mol. The van der Waals surface area contributed by atoms with Crippen molar-refractivity contribution in [2.24, 2.45) is 0 Å². The second kappa shape index (κ2) is 6.15. The first kappa shape index (κ1) is 17.7. The highest BCUT2D eigenvalue weighted by Crippen LogP contribution is 2.42. The summed E-state index contributed by atoms with van der Waals surface area (Å²) in [6, 6.07) is 5.03. The Bertz CT molecular complexity index is 959. The smallest absolute Gasteiger partial charge is 0.164 e. The molecule has 1 unspecified atom stereocenters. The second-order valence-corrected chi connectivity index (χ2v) is 8.11. The predicted molar refractivity (Wildman–Crippen MR) is 96.8 cm³/mol. The number of nitrogen functional groups attached to an aromatic ring is 1. The minimum absolute atomic E-state index is 0.304. The maximum atomic E-state index is 11.0. The molecule has 0 bridgehead atoms. The van der Waals surface area contributed by atoms with Crippen molar-refractivity contribution in [3.8, 4) is 0 Å². The first-order valence-electron chi connectivity index (χ1n) is 7.87. The molecule has 1 saturated heterocycles. The average Bonchev–Trinajstić information content (AvgIpc) is 3.28. The normalized spacial score (nSPS) is 28.5. The number of thiophene rings is 1. The van der Waals surface area contributed by atoms with Crippen LogP contribution in [0.3, 0.4) is 0 Å². The van der Waals surface area contributed by atoms with Gasteiger partial charge in [0.15, 0.2) is 6.23 Å². The van der Waals surface area contributed by atoms with Crippen LogP contribution in [0.5, 0.6) is 0 Å². The summed E-state index contributed by atoms with van der Waals surface area (Å²) < 4.78 is 7.96. The van der Waals surface area contributed by atoms with E-state index in [1.807, 2.05) is 0 Å². The second-order valence-electron chi connectivity index (χ2n) is 6.40. The molecule has 4 rings (SSSR count). The van der Waals surface area contributed by atoms with Crippen molar-refractivity contribution in [2.45, 2.75) is 37.1 Å². The summed E-state index contributed by atoms with van der Waals surface area (Å²) in [4.78, 5) is 8.63. The van der Waals surface area contributed by atoms with E-state index in [0.29, 0.717) is 26.1 Å². The number of fused-ring (bicyclic) bond motifs is 1. The largest absolute Gasteiger partial charge is 0.387 e. The Morgan fingerprint density at radius 3 is 2.73 bits per heavy atom. The summed E-state index contributed by atoms with van der Waals surface area (Å²) in [6.45, 7) is 1.52. The number of anilines is 1. The number of aliphatic hydroxyl groups excluding tert-OH is 2. The molecule has 3 aromatic rings. The quantitative estimate of drug-likeness (QED) is 0.524. The molecule has 5 atom stereocenters. The van der Waals surface area contributed by atoms with Crippen LogP contribution in [0.1, 0.15) is 18.0 Å². The lowest BCUT2D eigenvalue weighted by Crippen LogP contribution is -2.44. The third-order valence-corrected chi connectivity index (χ3v) is 6.14. The molecule has 138 valence electrons. The minimum atomic E-state index is -1.54. The van der Waals surface area contributed by atoms with E-state index < -0.39 is 30.1 Å². The Morgan fingerprint density at radius 1 is 1.27 bits per heavy atom. The first-order chi connectivity index (χ1) is 12.3. The van der Waals surface area contributed by atoms with Gasteiger partial charge in [0.1, 0.15) is 41.7 Å². The molecule has 0 radical (unpaired) electrons. The van der Waals surface area contributed by atoms with Gasteiger partial charge in [-0.15, -0.1) is 11.3 Å². The zero-order chi connectivity index (χ0) is 18.6. The van der Waals surface area contributed by atoms with Gasteiger partial charge in [-0.2, -0.15) is 0 Å². The molecule has 4 heterocycles. The van der Waals surface area contributed by atoms with Crippen molar-refractivity contribution >= 4 is 39.8 Å². The Kier molecular flexibility index (Phi) is 4.18. The fourth-order valence-electron chi connectivity index (χ4n) is 3.28. The Balaban J connectivity index is 1.71. The number of nitrogens with zero attached hydrogens (tertiary/aromatic N) is 3. The molecular weight excluding hydrogens is 380 g/mol. The molecule has 0 spiro atoms. The van der Waals surface area contributed by atoms with Gasteiger partial charge in [0.2, 0.25) is 0 Å². The Labute approximate surface area is 157 Å². The number of halogens is 1. The average molecular weight is 397 g/mol. The molecule has 5 N–H and O–H groups in total. The summed E-state index contributed by atoms with van der Waals surface area (Å²) >= 11 is 7.14. The topological polar surface area (TPSA) is 127 Å². The van der Waals surface area contributed by atoms with E-state index in [1.54, 1.807) is 29.0 Å². The van der Waals surface area contributed by atoms with Crippen LogP contribution < -0.4 is 5.73 Å². The molecule has 0 aromatic carbocycles. The van der Waals surface area contributed by atoms with Crippen LogP contribution in [-0.2, 0) is 10.3 Å². The van der Waals surface area contributed by atoms with E-state index in [4.69, 9.17) is 22.1 Å². The van der Waals surface area contributed by atoms with E-state index in [2.05, 4.69) is 9.97 Å². The summed E-state index contributed by atoms with van der Waals surface area (Å²) in [5, 5.41) is 32.6. The van der Waals surface area contributed by atoms with Gasteiger partial charge in [-0.1, -0.05) is 11.6 Å². The molecule has 3 aromatic heterocycles. The SMILES string of the molecule is CC(O)(c1ccc(Cl)s1)[C@H]1O[C@@H](n2ccc3c(N)ncnc32)[C@H](O)[C@@H]1O. The van der Waals surface area contributed by atoms with Crippen LogP contribution >= 0.6 is 22.9 Å². The molecule has 0 saturated carbocycles. The van der Waals surface area contributed by atoms with Crippen molar-refractivity contribution in [2.75, 3.05) is 5.73 Å². The van der Waals surface area contributed by atoms with E-state index >= 15 is 0 Å². The van der Waals surface area contributed by atoms with Crippen LogP contribution in [0.25, 0.3) is 11.0 Å². The van der Waals surface area contributed by atoms with Crippen LogP contribution in [0.2, 0.25) is 4.34 Å². The van der Waals surface area contributed by atoms with Gasteiger partial charge in [0.05, 0.1) is 9.72 Å². The Hall–Kier alpha value is -1.75. The lowest BCUT2D eigenvalue weighted by atomic mass is 9.92. The molecule has 26 heavy (non-hydrogen) atoms. The molecule has 0 amide bonds. The number of hydrogen-bond donors (Lipinski definition) is 4. The fourth-order valence-corrected chi connectivity index (χ4v) is 4.39. The maximum Gasteiger partial charge on any atom is 0.164 e. The van der Waals surface area contributed by atoms with Crippen LogP contribution in [0, 0.1) is 0 Å². The molecule has 1 aliphatic heterocycles. The van der Waals surface area contributed by atoms with Gasteiger partial charge < -0.3 is 30.4 Å². The van der Waals surface area contributed by atoms with Gasteiger partial charge >= 0.3 is 0 Å². The number of nitrogens with two attached hydrogens (primary N) is 1. The Morgan fingerprint density at radius 2 is 2.04 bits per heavy atom. The molecule has 0 aliphatic carbocycles. The van der Waals surface area contributed by atoms with Crippen molar-refractivity contribution in [1.29, 1.82) is 0 Å². The standard InChI is InChI=1S/C16H17ClN4O4S/c1-16(24,8-2-3-9(17)26-8)12-10(22)11(23)15(25-12)21-5-4-7-13(18)19-6-20-14(7)21/h2-6,10-12,15,22-24H,1H3,(H2,18,19,20)/t10-,11+,12-,15+,16?/m0/s1. The van der Waals surface area contributed by atoms with Gasteiger partial charge in [-0.05, 0) is 25.1 Å².